The maximum Gasteiger partial charge on any atom is 0.271 e. The van der Waals surface area contributed by atoms with E-state index in [0.717, 1.165) is 11.0 Å². The van der Waals surface area contributed by atoms with Crippen molar-refractivity contribution in [2.75, 3.05) is 0 Å². The topological polar surface area (TPSA) is 102 Å². The monoisotopic (exact) mass is 302 g/mol. The highest BCUT2D eigenvalue weighted by Crippen LogP contribution is 2.19. The number of aromatic nitrogens is 5. The largest absolute Gasteiger partial charge is 0.324 e. The number of nitrogens with zero attached hydrogens (tertiary/aromatic N) is 4. The highest BCUT2D eigenvalue weighted by Gasteiger charge is 2.10. The Kier molecular flexibility index (Phi) is 3.72. The van der Waals surface area contributed by atoms with E-state index in [1.807, 2.05) is 35.9 Å². The van der Waals surface area contributed by atoms with Gasteiger partial charge in [-0.25, -0.2) is 4.98 Å². The number of hydrogen-bond donors (Lipinski definition) is 2. The molecule has 0 atom stereocenters. The molecule has 3 N–H and O–H groups in total. The van der Waals surface area contributed by atoms with Crippen molar-refractivity contribution in [3.05, 3.63) is 46.1 Å². The highest BCUT2D eigenvalue weighted by molar-refractivity contribution is 7.98. The third-order valence-corrected chi connectivity index (χ3v) is 4.15. The number of rotatable bonds is 4. The summed E-state index contributed by atoms with van der Waals surface area (Å²) >= 11 is 1.41. The molecule has 0 radical (unpaired) electrons. The second-order valence-corrected chi connectivity index (χ2v) is 5.42. The Morgan fingerprint density at radius 1 is 1.33 bits per heavy atom. The standard InChI is InChI=1S/C13H14N6OS/c1-19-11(6-14)17-18-13(19)21-7-10-12(20)16-9-5-3-2-4-8(9)15-10/h2-5H,6-7,14H2,1H3,(H,16,20). The van der Waals surface area contributed by atoms with E-state index in [2.05, 4.69) is 20.2 Å². The van der Waals surface area contributed by atoms with Gasteiger partial charge in [0.25, 0.3) is 5.56 Å². The second kappa shape index (κ2) is 5.66. The van der Waals surface area contributed by atoms with Gasteiger partial charge in [-0.05, 0) is 12.1 Å². The number of H-pyrrole nitrogens is 1. The van der Waals surface area contributed by atoms with Gasteiger partial charge in [0.05, 0.1) is 17.6 Å². The SMILES string of the molecule is Cn1c(CN)nnc1SCc1nc2ccccc2[nH]c1=O. The molecule has 0 fully saturated rings. The van der Waals surface area contributed by atoms with Crippen LogP contribution in [0, 0.1) is 0 Å². The van der Waals surface area contributed by atoms with Crippen LogP contribution in [0.3, 0.4) is 0 Å². The summed E-state index contributed by atoms with van der Waals surface area (Å²) in [6.07, 6.45) is 0. The second-order valence-electron chi connectivity index (χ2n) is 4.48. The summed E-state index contributed by atoms with van der Waals surface area (Å²) in [6, 6.07) is 7.45. The van der Waals surface area contributed by atoms with Gasteiger partial charge in [0.2, 0.25) is 0 Å². The summed E-state index contributed by atoms with van der Waals surface area (Å²) in [4.78, 5) is 19.2. The molecule has 0 aliphatic rings. The van der Waals surface area contributed by atoms with Gasteiger partial charge in [-0.15, -0.1) is 10.2 Å². The molecule has 0 saturated carbocycles. The van der Waals surface area contributed by atoms with Gasteiger partial charge in [-0.1, -0.05) is 23.9 Å². The molecule has 0 saturated heterocycles. The van der Waals surface area contributed by atoms with Crippen LogP contribution >= 0.6 is 11.8 Å². The Hall–Kier alpha value is -2.19. The lowest BCUT2D eigenvalue weighted by atomic mass is 10.3. The van der Waals surface area contributed by atoms with Crippen LogP contribution < -0.4 is 11.3 Å². The van der Waals surface area contributed by atoms with Crippen molar-refractivity contribution in [1.29, 1.82) is 0 Å². The first-order chi connectivity index (χ1) is 10.2. The molecule has 0 aliphatic heterocycles. The normalized spacial score (nSPS) is 11.1. The minimum atomic E-state index is -0.178. The molecule has 0 spiro atoms. The van der Waals surface area contributed by atoms with E-state index < -0.39 is 0 Å². The number of aromatic amines is 1. The van der Waals surface area contributed by atoms with Crippen molar-refractivity contribution in [3.63, 3.8) is 0 Å². The molecular formula is C13H14N6OS. The maximum absolute atomic E-state index is 12.0. The fraction of sp³-hybridized carbons (Fsp3) is 0.231. The first kappa shape index (κ1) is 13.8. The van der Waals surface area contributed by atoms with Crippen LogP contribution in [0.1, 0.15) is 11.5 Å². The van der Waals surface area contributed by atoms with Crippen LogP contribution in [0.25, 0.3) is 11.0 Å². The first-order valence-corrected chi connectivity index (χ1v) is 7.36. The fourth-order valence-electron chi connectivity index (χ4n) is 1.95. The third kappa shape index (κ3) is 2.67. The van der Waals surface area contributed by atoms with Crippen LogP contribution in [0.15, 0.2) is 34.2 Å². The van der Waals surface area contributed by atoms with Crippen LogP contribution in [-0.4, -0.2) is 24.7 Å². The van der Waals surface area contributed by atoms with Gasteiger partial charge >= 0.3 is 0 Å². The van der Waals surface area contributed by atoms with E-state index >= 15 is 0 Å². The lowest BCUT2D eigenvalue weighted by Crippen LogP contribution is -2.14. The lowest BCUT2D eigenvalue weighted by molar-refractivity contribution is 0.734. The summed E-state index contributed by atoms with van der Waals surface area (Å²) in [5.41, 5.74) is 7.36. The minimum absolute atomic E-state index is 0.178. The van der Waals surface area contributed by atoms with Crippen LogP contribution in [0.2, 0.25) is 0 Å². The number of fused-ring (bicyclic) bond motifs is 1. The van der Waals surface area contributed by atoms with Gasteiger partial charge < -0.3 is 15.3 Å². The molecule has 21 heavy (non-hydrogen) atoms. The van der Waals surface area contributed by atoms with Crippen LogP contribution in [0.4, 0.5) is 0 Å². The van der Waals surface area contributed by atoms with E-state index in [4.69, 9.17) is 5.73 Å². The van der Waals surface area contributed by atoms with E-state index in [1.165, 1.54) is 11.8 Å². The van der Waals surface area contributed by atoms with Crippen molar-refractivity contribution in [1.82, 2.24) is 24.7 Å². The molecule has 2 aromatic heterocycles. The molecule has 0 aliphatic carbocycles. The predicted molar refractivity (Wildman–Crippen MR) is 80.8 cm³/mol. The number of thioether (sulfide) groups is 1. The van der Waals surface area contributed by atoms with Gasteiger partial charge in [0.1, 0.15) is 11.5 Å². The number of benzene rings is 1. The Balaban J connectivity index is 1.86. The predicted octanol–water partition coefficient (Wildman–Crippen LogP) is 0.803. The van der Waals surface area contributed by atoms with E-state index in [0.29, 0.717) is 29.0 Å². The number of hydrogen-bond acceptors (Lipinski definition) is 6. The summed E-state index contributed by atoms with van der Waals surface area (Å²) in [7, 11) is 1.85. The highest BCUT2D eigenvalue weighted by atomic mass is 32.2. The molecule has 3 rings (SSSR count). The fourth-order valence-corrected chi connectivity index (χ4v) is 2.81. The van der Waals surface area contributed by atoms with E-state index in [-0.39, 0.29) is 5.56 Å². The molecule has 8 heteroatoms. The molecule has 0 unspecified atom stereocenters. The maximum atomic E-state index is 12.0. The zero-order valence-electron chi connectivity index (χ0n) is 11.4. The van der Waals surface area contributed by atoms with Gasteiger partial charge in [-0.2, -0.15) is 0 Å². The molecule has 0 bridgehead atoms. The molecule has 2 heterocycles. The van der Waals surface area contributed by atoms with E-state index in [9.17, 15) is 4.79 Å². The molecule has 7 nitrogen and oxygen atoms in total. The lowest BCUT2D eigenvalue weighted by Gasteiger charge is -2.03. The Bertz CT molecular complexity index is 840. The molecular weight excluding hydrogens is 288 g/mol. The van der Waals surface area contributed by atoms with Gasteiger partial charge in [-0.3, -0.25) is 4.79 Å². The Morgan fingerprint density at radius 2 is 2.14 bits per heavy atom. The van der Waals surface area contributed by atoms with Crippen LogP contribution in [-0.2, 0) is 19.3 Å². The average molecular weight is 302 g/mol. The van der Waals surface area contributed by atoms with Crippen molar-refractivity contribution in [2.45, 2.75) is 17.5 Å². The van der Waals surface area contributed by atoms with Gasteiger partial charge in [0.15, 0.2) is 5.16 Å². The van der Waals surface area contributed by atoms with Crippen molar-refractivity contribution in [2.24, 2.45) is 12.8 Å². The zero-order valence-corrected chi connectivity index (χ0v) is 12.2. The van der Waals surface area contributed by atoms with Crippen molar-refractivity contribution >= 4 is 22.8 Å². The Morgan fingerprint density at radius 3 is 2.90 bits per heavy atom. The molecule has 108 valence electrons. The molecule has 1 aromatic carbocycles. The quantitative estimate of drug-likeness (QED) is 0.691. The van der Waals surface area contributed by atoms with E-state index in [1.54, 1.807) is 0 Å². The first-order valence-electron chi connectivity index (χ1n) is 6.38. The zero-order chi connectivity index (χ0) is 14.8. The number of para-hydroxylation sites is 2. The summed E-state index contributed by atoms with van der Waals surface area (Å²) in [5.74, 6) is 1.13. The molecule has 0 amide bonds. The van der Waals surface area contributed by atoms with Crippen molar-refractivity contribution in [3.8, 4) is 0 Å². The van der Waals surface area contributed by atoms with Crippen LogP contribution in [0.5, 0.6) is 0 Å². The smallest absolute Gasteiger partial charge is 0.271 e. The van der Waals surface area contributed by atoms with Crippen molar-refractivity contribution < 1.29 is 0 Å². The summed E-state index contributed by atoms with van der Waals surface area (Å²) in [6.45, 7) is 0.332. The number of nitrogens with one attached hydrogen (secondary N) is 1. The minimum Gasteiger partial charge on any atom is -0.324 e. The average Bonchev–Trinajstić information content (AvgIpc) is 2.85. The number of nitrogens with two attached hydrogens (primary N) is 1. The summed E-state index contributed by atoms with van der Waals surface area (Å²) in [5, 5.41) is 8.74. The summed E-state index contributed by atoms with van der Waals surface area (Å²) < 4.78 is 1.82. The van der Waals surface area contributed by atoms with Gasteiger partial charge in [0, 0.05) is 12.8 Å². The Labute approximate surface area is 124 Å². The third-order valence-electron chi connectivity index (χ3n) is 3.12. The molecule has 3 aromatic rings.